The van der Waals surface area contributed by atoms with Crippen LogP contribution in [0.4, 0.5) is 0 Å². The number of hydrogen-bond donors (Lipinski definition) is 3. The summed E-state index contributed by atoms with van der Waals surface area (Å²) in [5.41, 5.74) is 7.52. The third-order valence-electron chi connectivity index (χ3n) is 3.54. The molecule has 1 amide bonds. The van der Waals surface area contributed by atoms with Gasteiger partial charge in [-0.3, -0.25) is 4.79 Å². The third-order valence-corrected chi connectivity index (χ3v) is 3.54. The van der Waals surface area contributed by atoms with Gasteiger partial charge < -0.3 is 16.3 Å². The second-order valence-electron chi connectivity index (χ2n) is 4.92. The summed E-state index contributed by atoms with van der Waals surface area (Å²) in [6.07, 6.45) is 0.527. The van der Waals surface area contributed by atoms with E-state index in [1.54, 1.807) is 13.0 Å². The van der Waals surface area contributed by atoms with Crippen molar-refractivity contribution in [3.05, 3.63) is 34.9 Å². The standard InChI is InChI=1S/C14H21N3O2/c1-5-14(4,13(15)17-19)16-12(18)11-7-6-9(2)10(3)8-11/h6-8,19H,5H2,1-4H3,(H2,15,17)(H,16,18). The Bertz CT molecular complexity index is 511. The molecular weight excluding hydrogens is 242 g/mol. The predicted molar refractivity (Wildman–Crippen MR) is 75.5 cm³/mol. The van der Waals surface area contributed by atoms with E-state index in [0.717, 1.165) is 11.1 Å². The van der Waals surface area contributed by atoms with Crippen molar-refractivity contribution in [1.82, 2.24) is 5.32 Å². The lowest BCUT2D eigenvalue weighted by Gasteiger charge is -2.28. The van der Waals surface area contributed by atoms with Gasteiger partial charge in [0.05, 0.1) is 5.54 Å². The molecule has 0 bridgehead atoms. The molecule has 5 nitrogen and oxygen atoms in total. The van der Waals surface area contributed by atoms with Crippen LogP contribution in [0.1, 0.15) is 41.8 Å². The highest BCUT2D eigenvalue weighted by Crippen LogP contribution is 2.14. The molecule has 0 spiro atoms. The van der Waals surface area contributed by atoms with E-state index in [0.29, 0.717) is 12.0 Å². The van der Waals surface area contributed by atoms with Gasteiger partial charge in [-0.25, -0.2) is 0 Å². The van der Waals surface area contributed by atoms with Crippen LogP contribution in [0.5, 0.6) is 0 Å². The van der Waals surface area contributed by atoms with Gasteiger partial charge in [0.2, 0.25) is 0 Å². The van der Waals surface area contributed by atoms with Crippen LogP contribution >= 0.6 is 0 Å². The van der Waals surface area contributed by atoms with E-state index >= 15 is 0 Å². The molecule has 1 atom stereocenters. The van der Waals surface area contributed by atoms with Crippen molar-refractivity contribution in [2.24, 2.45) is 10.9 Å². The Hall–Kier alpha value is -2.04. The predicted octanol–water partition coefficient (Wildman–Crippen LogP) is 1.95. The number of benzene rings is 1. The highest BCUT2D eigenvalue weighted by Gasteiger charge is 2.29. The molecule has 0 aromatic heterocycles. The van der Waals surface area contributed by atoms with Gasteiger partial charge in [-0.1, -0.05) is 18.1 Å². The maximum atomic E-state index is 12.2. The summed E-state index contributed by atoms with van der Waals surface area (Å²) in [5.74, 6) is -0.244. The lowest BCUT2D eigenvalue weighted by atomic mass is 9.96. The molecule has 1 unspecified atom stereocenters. The molecule has 0 aliphatic rings. The number of amides is 1. The first-order valence-corrected chi connectivity index (χ1v) is 6.22. The van der Waals surface area contributed by atoms with Crippen molar-refractivity contribution in [3.8, 4) is 0 Å². The Morgan fingerprint density at radius 2 is 2.05 bits per heavy atom. The summed E-state index contributed by atoms with van der Waals surface area (Å²) in [6.45, 7) is 7.53. The van der Waals surface area contributed by atoms with Crippen LogP contribution in [-0.2, 0) is 0 Å². The van der Waals surface area contributed by atoms with E-state index in [1.165, 1.54) is 0 Å². The van der Waals surface area contributed by atoms with Gasteiger partial charge in [-0.15, -0.1) is 0 Å². The summed E-state index contributed by atoms with van der Waals surface area (Å²) < 4.78 is 0. The highest BCUT2D eigenvalue weighted by molar-refractivity contribution is 6.00. The Labute approximate surface area is 113 Å². The minimum atomic E-state index is -0.857. The lowest BCUT2D eigenvalue weighted by molar-refractivity contribution is 0.0925. The number of nitrogens with zero attached hydrogens (tertiary/aromatic N) is 1. The fourth-order valence-corrected chi connectivity index (χ4v) is 1.65. The van der Waals surface area contributed by atoms with Crippen molar-refractivity contribution in [2.75, 3.05) is 0 Å². The molecule has 1 rings (SSSR count). The second kappa shape index (κ2) is 5.73. The van der Waals surface area contributed by atoms with Crippen LogP contribution in [0.3, 0.4) is 0 Å². The van der Waals surface area contributed by atoms with Gasteiger partial charge in [0.15, 0.2) is 5.84 Å². The fourth-order valence-electron chi connectivity index (χ4n) is 1.65. The lowest BCUT2D eigenvalue weighted by Crippen LogP contribution is -2.55. The van der Waals surface area contributed by atoms with E-state index in [9.17, 15) is 4.79 Å². The minimum Gasteiger partial charge on any atom is -0.409 e. The average Bonchev–Trinajstić information content (AvgIpc) is 2.40. The SMILES string of the molecule is CCC(C)(NC(=O)c1ccc(C)c(C)c1)/C(N)=N/O. The maximum Gasteiger partial charge on any atom is 0.252 e. The number of nitrogens with one attached hydrogen (secondary N) is 1. The largest absolute Gasteiger partial charge is 0.409 e. The topological polar surface area (TPSA) is 87.7 Å². The zero-order valence-electron chi connectivity index (χ0n) is 11.8. The smallest absolute Gasteiger partial charge is 0.252 e. The Balaban J connectivity index is 2.98. The van der Waals surface area contributed by atoms with Crippen LogP contribution in [0.15, 0.2) is 23.4 Å². The molecule has 0 saturated heterocycles. The molecule has 0 radical (unpaired) electrons. The summed E-state index contributed by atoms with van der Waals surface area (Å²) in [6, 6.07) is 5.49. The first-order chi connectivity index (χ1) is 8.84. The van der Waals surface area contributed by atoms with E-state index in [4.69, 9.17) is 10.9 Å². The molecule has 1 aromatic carbocycles. The molecule has 0 aliphatic heterocycles. The number of carbonyl (C=O) groups is 1. The van der Waals surface area contributed by atoms with Crippen molar-refractivity contribution in [2.45, 2.75) is 39.7 Å². The number of carbonyl (C=O) groups excluding carboxylic acids is 1. The van der Waals surface area contributed by atoms with Crippen molar-refractivity contribution < 1.29 is 10.0 Å². The normalized spacial score (nSPS) is 14.8. The van der Waals surface area contributed by atoms with E-state index in [1.807, 2.05) is 32.9 Å². The zero-order chi connectivity index (χ0) is 14.6. The van der Waals surface area contributed by atoms with Gasteiger partial charge in [0, 0.05) is 5.56 Å². The molecule has 19 heavy (non-hydrogen) atoms. The number of rotatable bonds is 4. The Morgan fingerprint density at radius 1 is 1.42 bits per heavy atom. The average molecular weight is 263 g/mol. The number of oxime groups is 1. The second-order valence-corrected chi connectivity index (χ2v) is 4.92. The van der Waals surface area contributed by atoms with Crippen LogP contribution in [-0.4, -0.2) is 22.5 Å². The molecule has 0 heterocycles. The summed E-state index contributed by atoms with van der Waals surface area (Å²) >= 11 is 0. The number of amidine groups is 1. The maximum absolute atomic E-state index is 12.2. The molecule has 0 fully saturated rings. The Morgan fingerprint density at radius 3 is 2.53 bits per heavy atom. The van der Waals surface area contributed by atoms with Crippen LogP contribution in [0, 0.1) is 13.8 Å². The van der Waals surface area contributed by atoms with Gasteiger partial charge in [0.25, 0.3) is 5.91 Å². The zero-order valence-corrected chi connectivity index (χ0v) is 11.8. The van der Waals surface area contributed by atoms with Gasteiger partial charge in [0.1, 0.15) is 0 Å². The molecule has 4 N–H and O–H groups in total. The van der Waals surface area contributed by atoms with Gasteiger partial charge in [-0.05, 0) is 50.5 Å². The number of aryl methyl sites for hydroxylation is 2. The molecular formula is C14H21N3O2. The molecule has 0 saturated carbocycles. The first-order valence-electron chi connectivity index (χ1n) is 6.22. The number of hydrogen-bond acceptors (Lipinski definition) is 3. The van der Waals surface area contributed by atoms with Crippen molar-refractivity contribution in [3.63, 3.8) is 0 Å². The van der Waals surface area contributed by atoms with Gasteiger partial charge in [-0.2, -0.15) is 0 Å². The van der Waals surface area contributed by atoms with Gasteiger partial charge >= 0.3 is 0 Å². The summed E-state index contributed by atoms with van der Waals surface area (Å²) in [7, 11) is 0. The summed E-state index contributed by atoms with van der Waals surface area (Å²) in [4.78, 5) is 12.2. The molecule has 1 aromatic rings. The quantitative estimate of drug-likeness (QED) is 0.336. The van der Waals surface area contributed by atoms with Crippen LogP contribution in [0.2, 0.25) is 0 Å². The van der Waals surface area contributed by atoms with E-state index in [-0.39, 0.29) is 11.7 Å². The fraction of sp³-hybridized carbons (Fsp3) is 0.429. The van der Waals surface area contributed by atoms with E-state index < -0.39 is 5.54 Å². The minimum absolute atomic E-state index is 0.00724. The van der Waals surface area contributed by atoms with E-state index in [2.05, 4.69) is 10.5 Å². The molecule has 104 valence electrons. The highest BCUT2D eigenvalue weighted by atomic mass is 16.4. The number of nitrogens with two attached hydrogens (primary N) is 1. The third kappa shape index (κ3) is 3.24. The Kier molecular flexibility index (Phi) is 4.53. The molecule has 0 aliphatic carbocycles. The summed E-state index contributed by atoms with van der Waals surface area (Å²) in [5, 5.41) is 14.6. The van der Waals surface area contributed by atoms with Crippen LogP contribution in [0.25, 0.3) is 0 Å². The monoisotopic (exact) mass is 263 g/mol. The molecule has 5 heteroatoms. The van der Waals surface area contributed by atoms with Crippen LogP contribution < -0.4 is 11.1 Å². The van der Waals surface area contributed by atoms with Crippen molar-refractivity contribution in [1.29, 1.82) is 0 Å². The van der Waals surface area contributed by atoms with Crippen molar-refractivity contribution >= 4 is 11.7 Å². The first kappa shape index (κ1) is 15.0.